The zero-order chi connectivity index (χ0) is 19.1. The molecule has 2 N–H and O–H groups in total. The molecule has 0 fully saturated rings. The molecule has 0 atom stereocenters. The number of benzene rings is 2. The van der Waals surface area contributed by atoms with Crippen LogP contribution in [0.1, 0.15) is 28.7 Å². The summed E-state index contributed by atoms with van der Waals surface area (Å²) >= 11 is 0. The molecule has 0 bridgehead atoms. The summed E-state index contributed by atoms with van der Waals surface area (Å²) in [6.07, 6.45) is 0. The molecule has 7 nitrogen and oxygen atoms in total. The molecule has 2 aromatic carbocycles. The molecular formula is C20H19N5O2. The number of hydrogen-bond acceptors (Lipinski definition) is 4. The maximum atomic E-state index is 12.5. The second-order valence-electron chi connectivity index (χ2n) is 6.43. The van der Waals surface area contributed by atoms with Crippen LogP contribution in [0.3, 0.4) is 0 Å². The summed E-state index contributed by atoms with van der Waals surface area (Å²) in [4.78, 5) is 19.8. The third-order valence-corrected chi connectivity index (χ3v) is 4.74. The van der Waals surface area contributed by atoms with Gasteiger partial charge in [0, 0.05) is 17.5 Å². The average molecular weight is 361 g/mol. The number of nitrogens with one attached hydrogen (secondary N) is 1. The Balaban J connectivity index is 1.69. The lowest BCUT2D eigenvalue weighted by molar-refractivity contribution is 0.0995. The van der Waals surface area contributed by atoms with Gasteiger partial charge in [-0.1, -0.05) is 18.2 Å². The van der Waals surface area contributed by atoms with Gasteiger partial charge in [0.05, 0.1) is 16.6 Å². The number of para-hydroxylation sites is 1. The number of rotatable bonds is 3. The van der Waals surface area contributed by atoms with Gasteiger partial charge >= 0.3 is 0 Å². The maximum Gasteiger partial charge on any atom is 0.295 e. The number of amides is 1. The molecule has 7 heteroatoms. The Morgan fingerprint density at radius 1 is 1.26 bits per heavy atom. The summed E-state index contributed by atoms with van der Waals surface area (Å²) in [7, 11) is 0. The average Bonchev–Trinajstić information content (AvgIpc) is 3.15. The minimum atomic E-state index is -0.484. The van der Waals surface area contributed by atoms with Crippen molar-refractivity contribution in [3.05, 3.63) is 53.3 Å². The number of carbonyl (C=O) groups is 1. The molecule has 0 saturated carbocycles. The third-order valence-electron chi connectivity index (χ3n) is 4.74. The number of imidazole rings is 1. The predicted octanol–water partition coefficient (Wildman–Crippen LogP) is 4.78. The minimum Gasteiger partial charge on any atom is -0.493 e. The number of nitrogens with zero attached hydrogens (tertiary/aromatic N) is 4. The normalized spacial score (nSPS) is 11.8. The molecule has 0 unspecified atom stereocenters. The Morgan fingerprint density at radius 3 is 2.85 bits per heavy atom. The van der Waals surface area contributed by atoms with Crippen LogP contribution in [-0.2, 0) is 6.54 Å². The molecule has 0 saturated heterocycles. The Hall–Kier alpha value is -3.48. The molecule has 0 aliphatic carbocycles. The fraction of sp³-hybridized carbons (Fsp3) is 0.200. The number of H-pyrrole nitrogens is 1. The zero-order valence-corrected chi connectivity index (χ0v) is 15.3. The SMILES string of the molecule is CCn1c(C)nc2cc(C(=O)N=Nc3c(O)[nH]c4c(C)cccc34)ccc21. The summed E-state index contributed by atoms with van der Waals surface area (Å²) in [6.45, 7) is 6.73. The molecule has 27 heavy (non-hydrogen) atoms. The van der Waals surface area contributed by atoms with Crippen LogP contribution in [0.25, 0.3) is 21.9 Å². The first-order chi connectivity index (χ1) is 13.0. The van der Waals surface area contributed by atoms with Crippen LogP contribution in [0, 0.1) is 13.8 Å². The largest absolute Gasteiger partial charge is 0.493 e. The van der Waals surface area contributed by atoms with E-state index in [-0.39, 0.29) is 11.6 Å². The smallest absolute Gasteiger partial charge is 0.295 e. The Bertz CT molecular complexity index is 1220. The van der Waals surface area contributed by atoms with Gasteiger partial charge in [-0.25, -0.2) is 4.98 Å². The van der Waals surface area contributed by atoms with Crippen molar-refractivity contribution < 1.29 is 9.90 Å². The summed E-state index contributed by atoms with van der Waals surface area (Å²) in [5.41, 5.74) is 4.15. The van der Waals surface area contributed by atoms with E-state index in [0.29, 0.717) is 5.56 Å². The molecule has 0 spiro atoms. The highest BCUT2D eigenvalue weighted by atomic mass is 16.3. The van der Waals surface area contributed by atoms with Crippen LogP contribution in [0.2, 0.25) is 0 Å². The number of aromatic nitrogens is 3. The van der Waals surface area contributed by atoms with Crippen LogP contribution < -0.4 is 0 Å². The molecule has 2 aromatic heterocycles. The lowest BCUT2D eigenvalue weighted by atomic mass is 10.1. The van der Waals surface area contributed by atoms with E-state index in [4.69, 9.17) is 0 Å². The van der Waals surface area contributed by atoms with E-state index in [0.717, 1.165) is 39.9 Å². The predicted molar refractivity (Wildman–Crippen MR) is 104 cm³/mol. The van der Waals surface area contributed by atoms with Crippen molar-refractivity contribution in [3.8, 4) is 5.88 Å². The Labute approximate surface area is 155 Å². The van der Waals surface area contributed by atoms with Crippen molar-refractivity contribution >= 4 is 33.5 Å². The molecule has 2 heterocycles. The van der Waals surface area contributed by atoms with E-state index >= 15 is 0 Å². The van der Waals surface area contributed by atoms with Crippen molar-refractivity contribution in [3.63, 3.8) is 0 Å². The second kappa shape index (κ2) is 6.35. The monoisotopic (exact) mass is 361 g/mol. The van der Waals surface area contributed by atoms with Crippen LogP contribution >= 0.6 is 0 Å². The summed E-state index contributed by atoms with van der Waals surface area (Å²) in [6, 6.07) is 10.9. The van der Waals surface area contributed by atoms with Crippen LogP contribution in [0.4, 0.5) is 5.69 Å². The number of aromatic hydroxyl groups is 1. The molecule has 0 aliphatic rings. The first-order valence-corrected chi connectivity index (χ1v) is 8.72. The number of hydrogen-bond donors (Lipinski definition) is 2. The number of aryl methyl sites for hydroxylation is 3. The number of fused-ring (bicyclic) bond motifs is 2. The highest BCUT2D eigenvalue weighted by Crippen LogP contribution is 2.36. The van der Waals surface area contributed by atoms with Gasteiger partial charge in [-0.2, -0.15) is 0 Å². The topological polar surface area (TPSA) is 95.6 Å². The number of aromatic amines is 1. The molecule has 4 aromatic rings. The van der Waals surface area contributed by atoms with Crippen molar-refractivity contribution in [1.82, 2.24) is 14.5 Å². The zero-order valence-electron chi connectivity index (χ0n) is 15.3. The fourth-order valence-corrected chi connectivity index (χ4v) is 3.37. The van der Waals surface area contributed by atoms with E-state index in [1.54, 1.807) is 12.1 Å². The molecule has 0 radical (unpaired) electrons. The van der Waals surface area contributed by atoms with Crippen LogP contribution in [0.5, 0.6) is 5.88 Å². The van der Waals surface area contributed by atoms with Crippen molar-refractivity contribution in [2.75, 3.05) is 0 Å². The lowest BCUT2D eigenvalue weighted by Gasteiger charge is -2.01. The van der Waals surface area contributed by atoms with E-state index in [2.05, 4.69) is 31.7 Å². The van der Waals surface area contributed by atoms with E-state index in [1.165, 1.54) is 0 Å². The second-order valence-corrected chi connectivity index (χ2v) is 6.43. The van der Waals surface area contributed by atoms with Gasteiger partial charge in [-0.15, -0.1) is 10.2 Å². The summed E-state index contributed by atoms with van der Waals surface area (Å²) in [5, 5.41) is 18.6. The Kier molecular flexibility index (Phi) is 3.99. The van der Waals surface area contributed by atoms with Crippen molar-refractivity contribution in [2.24, 2.45) is 10.2 Å². The quantitative estimate of drug-likeness (QED) is 0.514. The number of carbonyl (C=O) groups excluding carboxylic acids is 1. The van der Waals surface area contributed by atoms with Gasteiger partial charge in [0.25, 0.3) is 5.91 Å². The molecule has 136 valence electrons. The third kappa shape index (κ3) is 2.77. The lowest BCUT2D eigenvalue weighted by Crippen LogP contribution is -1.97. The van der Waals surface area contributed by atoms with Gasteiger partial charge in [0.2, 0.25) is 5.88 Å². The van der Waals surface area contributed by atoms with Gasteiger partial charge < -0.3 is 14.7 Å². The van der Waals surface area contributed by atoms with E-state index in [1.807, 2.05) is 38.1 Å². The summed E-state index contributed by atoms with van der Waals surface area (Å²) < 4.78 is 2.08. The molecular weight excluding hydrogens is 342 g/mol. The highest BCUT2D eigenvalue weighted by Gasteiger charge is 2.14. The first kappa shape index (κ1) is 17.0. The van der Waals surface area contributed by atoms with Gasteiger partial charge in [-0.3, -0.25) is 4.79 Å². The highest BCUT2D eigenvalue weighted by molar-refractivity contribution is 5.99. The van der Waals surface area contributed by atoms with Crippen LogP contribution in [0.15, 0.2) is 46.6 Å². The molecule has 4 rings (SSSR count). The van der Waals surface area contributed by atoms with Crippen LogP contribution in [-0.4, -0.2) is 25.5 Å². The van der Waals surface area contributed by atoms with Crippen molar-refractivity contribution in [1.29, 1.82) is 0 Å². The van der Waals surface area contributed by atoms with Gasteiger partial charge in [0.15, 0.2) is 5.69 Å². The number of azo groups is 1. The maximum absolute atomic E-state index is 12.5. The molecule has 1 amide bonds. The van der Waals surface area contributed by atoms with Crippen molar-refractivity contribution in [2.45, 2.75) is 27.3 Å². The van der Waals surface area contributed by atoms with Gasteiger partial charge in [0.1, 0.15) is 5.82 Å². The summed E-state index contributed by atoms with van der Waals surface area (Å²) in [5.74, 6) is 0.309. The van der Waals surface area contributed by atoms with Gasteiger partial charge in [-0.05, 0) is 44.5 Å². The van der Waals surface area contributed by atoms with E-state index < -0.39 is 5.91 Å². The Morgan fingerprint density at radius 2 is 2.07 bits per heavy atom. The van der Waals surface area contributed by atoms with E-state index in [9.17, 15) is 9.90 Å². The molecule has 0 aliphatic heterocycles. The first-order valence-electron chi connectivity index (χ1n) is 8.72. The fourth-order valence-electron chi connectivity index (χ4n) is 3.37. The standard InChI is InChI=1S/C20H19N5O2/c1-4-25-12(3)21-15-10-13(8-9-16(15)25)19(26)24-23-18-14-7-5-6-11(2)17(14)22-20(18)27/h5-10,22,27H,4H2,1-3H3. The minimum absolute atomic E-state index is 0.108.